The summed E-state index contributed by atoms with van der Waals surface area (Å²) in [6, 6.07) is 2.55. The molecule has 0 aliphatic heterocycles. The highest BCUT2D eigenvalue weighted by atomic mass is 19.4. The monoisotopic (exact) mass is 262 g/mol. The Morgan fingerprint density at radius 3 is 2.28 bits per heavy atom. The van der Waals surface area contributed by atoms with Gasteiger partial charge in [0.2, 0.25) is 0 Å². The molecular formula is C12H17F3N2O. The summed E-state index contributed by atoms with van der Waals surface area (Å²) in [6.45, 7) is 5.30. The van der Waals surface area contributed by atoms with Gasteiger partial charge in [0.15, 0.2) is 0 Å². The topological polar surface area (TPSA) is 48.0 Å². The van der Waals surface area contributed by atoms with E-state index in [4.69, 9.17) is 5.73 Å². The normalized spacial score (nSPS) is 14.6. The molecule has 0 bridgehead atoms. The number of alkyl halides is 3. The van der Waals surface area contributed by atoms with Crippen molar-refractivity contribution in [3.63, 3.8) is 0 Å². The summed E-state index contributed by atoms with van der Waals surface area (Å²) in [5.74, 6) is 0. The Balaban J connectivity index is 3.21. The number of nitrogens with two attached hydrogens (primary N) is 1. The molecule has 2 N–H and O–H groups in total. The fourth-order valence-corrected chi connectivity index (χ4v) is 1.43. The van der Waals surface area contributed by atoms with Crippen molar-refractivity contribution in [2.45, 2.75) is 39.5 Å². The van der Waals surface area contributed by atoms with Crippen molar-refractivity contribution in [2.24, 2.45) is 11.1 Å². The number of nitrogens with zero attached hydrogens (tertiary/aromatic N) is 1. The number of pyridine rings is 1. The fourth-order valence-electron chi connectivity index (χ4n) is 1.43. The molecule has 18 heavy (non-hydrogen) atoms. The zero-order valence-electron chi connectivity index (χ0n) is 10.6. The number of hydrogen-bond acceptors (Lipinski definition) is 2. The molecule has 1 aromatic heterocycles. The molecular weight excluding hydrogens is 245 g/mol. The molecule has 0 spiro atoms. The van der Waals surface area contributed by atoms with Crippen molar-refractivity contribution < 1.29 is 13.2 Å². The Labute approximate surface area is 103 Å². The molecule has 1 aromatic rings. The summed E-state index contributed by atoms with van der Waals surface area (Å²) < 4.78 is 39.0. The average Bonchev–Trinajstić information content (AvgIpc) is 2.17. The Morgan fingerprint density at radius 2 is 1.83 bits per heavy atom. The Morgan fingerprint density at radius 1 is 1.28 bits per heavy atom. The summed E-state index contributed by atoms with van der Waals surface area (Å²) in [7, 11) is 0. The highest BCUT2D eigenvalue weighted by Gasteiger charge is 2.35. The van der Waals surface area contributed by atoms with E-state index in [1.165, 1.54) is 0 Å². The van der Waals surface area contributed by atoms with Crippen LogP contribution in [0.5, 0.6) is 0 Å². The van der Waals surface area contributed by atoms with Crippen LogP contribution in [0.4, 0.5) is 13.2 Å². The zero-order chi connectivity index (χ0) is 14.1. The number of rotatable bonds is 2. The lowest BCUT2D eigenvalue weighted by Crippen LogP contribution is -2.42. The van der Waals surface area contributed by atoms with E-state index in [1.807, 2.05) is 20.8 Å². The van der Waals surface area contributed by atoms with Crippen LogP contribution in [0.3, 0.4) is 0 Å². The lowest BCUT2D eigenvalue weighted by atomic mass is 9.87. The number of aromatic nitrogens is 1. The zero-order valence-corrected chi connectivity index (χ0v) is 10.6. The molecule has 1 heterocycles. The highest BCUT2D eigenvalue weighted by molar-refractivity contribution is 5.10. The van der Waals surface area contributed by atoms with Gasteiger partial charge in [-0.05, 0) is 11.5 Å². The van der Waals surface area contributed by atoms with Crippen molar-refractivity contribution in [3.8, 4) is 0 Å². The maximum atomic E-state index is 12.8. The lowest BCUT2D eigenvalue weighted by molar-refractivity contribution is -0.144. The van der Waals surface area contributed by atoms with Crippen LogP contribution >= 0.6 is 0 Å². The van der Waals surface area contributed by atoms with Crippen molar-refractivity contribution in [1.29, 1.82) is 0 Å². The molecule has 0 aliphatic carbocycles. The fraction of sp³-hybridized carbons (Fsp3) is 0.583. The molecule has 102 valence electrons. The van der Waals surface area contributed by atoms with Crippen LogP contribution < -0.4 is 11.3 Å². The first-order chi connectivity index (χ1) is 8.03. The van der Waals surface area contributed by atoms with Gasteiger partial charge >= 0.3 is 6.18 Å². The SMILES string of the molecule is CC(C)(C)C(N)Cn1c(C(F)(F)F)cccc1=O. The van der Waals surface area contributed by atoms with Gasteiger partial charge in [-0.3, -0.25) is 4.79 Å². The van der Waals surface area contributed by atoms with E-state index in [-0.39, 0.29) is 12.0 Å². The van der Waals surface area contributed by atoms with Gasteiger partial charge < -0.3 is 10.3 Å². The van der Waals surface area contributed by atoms with Gasteiger partial charge in [-0.15, -0.1) is 0 Å². The molecule has 3 nitrogen and oxygen atoms in total. The summed E-state index contributed by atoms with van der Waals surface area (Å²) in [4.78, 5) is 11.6. The number of hydrogen-bond donors (Lipinski definition) is 1. The van der Waals surface area contributed by atoms with Gasteiger partial charge in [0, 0.05) is 18.7 Å². The smallest absolute Gasteiger partial charge is 0.326 e. The van der Waals surface area contributed by atoms with E-state index < -0.39 is 23.5 Å². The van der Waals surface area contributed by atoms with Crippen molar-refractivity contribution in [1.82, 2.24) is 4.57 Å². The van der Waals surface area contributed by atoms with Crippen molar-refractivity contribution >= 4 is 0 Å². The van der Waals surface area contributed by atoms with E-state index in [0.29, 0.717) is 4.57 Å². The molecule has 0 radical (unpaired) electrons. The van der Waals surface area contributed by atoms with Gasteiger partial charge in [-0.2, -0.15) is 13.2 Å². The van der Waals surface area contributed by atoms with Crippen LogP contribution in [0.1, 0.15) is 26.5 Å². The lowest BCUT2D eigenvalue weighted by Gasteiger charge is -2.28. The third kappa shape index (κ3) is 3.35. The van der Waals surface area contributed by atoms with Crippen molar-refractivity contribution in [2.75, 3.05) is 0 Å². The molecule has 0 fully saturated rings. The summed E-state index contributed by atoms with van der Waals surface area (Å²) in [6.07, 6.45) is -4.56. The predicted octanol–water partition coefficient (Wildman–Crippen LogP) is 2.24. The van der Waals surface area contributed by atoms with Crippen LogP contribution in [-0.4, -0.2) is 10.6 Å². The minimum absolute atomic E-state index is 0.155. The molecule has 1 atom stereocenters. The van der Waals surface area contributed by atoms with Crippen LogP contribution in [0.2, 0.25) is 0 Å². The van der Waals surface area contributed by atoms with E-state index >= 15 is 0 Å². The maximum Gasteiger partial charge on any atom is 0.431 e. The standard InChI is InChI=1S/C12H17F3N2O/c1-11(2,3)8(16)7-17-9(12(13,14)15)5-4-6-10(17)18/h4-6,8H,7,16H2,1-3H3. The third-order valence-corrected chi connectivity index (χ3v) is 2.83. The Bertz CT molecular complexity index is 471. The maximum absolute atomic E-state index is 12.8. The minimum atomic E-state index is -4.56. The second-order valence-electron chi connectivity index (χ2n) is 5.33. The molecule has 1 unspecified atom stereocenters. The quantitative estimate of drug-likeness (QED) is 0.888. The Hall–Kier alpha value is -1.30. The number of halogens is 3. The van der Waals surface area contributed by atoms with Gasteiger partial charge in [0.25, 0.3) is 5.56 Å². The second-order valence-corrected chi connectivity index (χ2v) is 5.33. The van der Waals surface area contributed by atoms with Crippen molar-refractivity contribution in [3.05, 3.63) is 34.2 Å². The predicted molar refractivity (Wildman–Crippen MR) is 63.1 cm³/mol. The summed E-state index contributed by atoms with van der Waals surface area (Å²) in [5.41, 5.74) is 3.81. The molecule has 0 saturated heterocycles. The first-order valence-electron chi connectivity index (χ1n) is 5.56. The first kappa shape index (κ1) is 14.8. The molecule has 0 amide bonds. The summed E-state index contributed by atoms with van der Waals surface area (Å²) in [5, 5.41) is 0. The van der Waals surface area contributed by atoms with E-state index in [2.05, 4.69) is 0 Å². The highest BCUT2D eigenvalue weighted by Crippen LogP contribution is 2.29. The molecule has 0 aliphatic rings. The van der Waals surface area contributed by atoms with Gasteiger partial charge in [0.1, 0.15) is 5.69 Å². The molecule has 0 saturated carbocycles. The van der Waals surface area contributed by atoms with Gasteiger partial charge in [-0.1, -0.05) is 26.8 Å². The van der Waals surface area contributed by atoms with E-state index in [9.17, 15) is 18.0 Å². The van der Waals surface area contributed by atoms with Gasteiger partial charge in [0.05, 0.1) is 0 Å². The minimum Gasteiger partial charge on any atom is -0.326 e. The molecule has 6 heteroatoms. The molecule has 1 rings (SSSR count). The van der Waals surface area contributed by atoms with Crippen LogP contribution in [-0.2, 0) is 12.7 Å². The van der Waals surface area contributed by atoms with Crippen LogP contribution in [0.15, 0.2) is 23.0 Å². The van der Waals surface area contributed by atoms with Gasteiger partial charge in [-0.25, -0.2) is 0 Å². The van der Waals surface area contributed by atoms with Crippen LogP contribution in [0, 0.1) is 5.41 Å². The third-order valence-electron chi connectivity index (χ3n) is 2.83. The average molecular weight is 262 g/mol. The molecule has 0 aromatic carbocycles. The van der Waals surface area contributed by atoms with Crippen LogP contribution in [0.25, 0.3) is 0 Å². The Kier molecular flexibility index (Phi) is 3.90. The van der Waals surface area contributed by atoms with E-state index in [1.54, 1.807) is 0 Å². The second kappa shape index (κ2) is 4.76. The first-order valence-corrected chi connectivity index (χ1v) is 5.56. The largest absolute Gasteiger partial charge is 0.431 e. The van der Waals surface area contributed by atoms with E-state index in [0.717, 1.165) is 18.2 Å². The summed E-state index contributed by atoms with van der Waals surface area (Å²) >= 11 is 0.